The second kappa shape index (κ2) is 14.5. The SMILES string of the molecule is CC(C)Cc1ncc(F)c2nc(Cn3c(CO)ccc(NC(=O)C(CC/C=C/C(=O)N(C)C)OC(=O)N(C)C)c3=O)[nH]c12. The number of carbonyl (C=O) groups is 3. The number of nitrogens with one attached hydrogen (secondary N) is 2. The van der Waals surface area contributed by atoms with Crippen LogP contribution in [0.5, 0.6) is 0 Å². The molecular weight excluding hydrogens is 561 g/mol. The van der Waals surface area contributed by atoms with Crippen molar-refractivity contribution in [1.29, 1.82) is 0 Å². The number of carbonyl (C=O) groups excluding carboxylic acids is 3. The van der Waals surface area contributed by atoms with Gasteiger partial charge < -0.3 is 34.5 Å². The number of pyridine rings is 2. The topological polar surface area (TPSA) is 163 Å². The van der Waals surface area contributed by atoms with Gasteiger partial charge in [0, 0.05) is 33.9 Å². The van der Waals surface area contributed by atoms with Gasteiger partial charge in [0.2, 0.25) is 5.91 Å². The molecule has 232 valence electrons. The van der Waals surface area contributed by atoms with Crippen LogP contribution in [-0.4, -0.2) is 86.6 Å². The lowest BCUT2D eigenvalue weighted by Gasteiger charge is -2.20. The summed E-state index contributed by atoms with van der Waals surface area (Å²) in [7, 11) is 6.13. The minimum atomic E-state index is -1.27. The third kappa shape index (κ3) is 8.47. The van der Waals surface area contributed by atoms with Crippen molar-refractivity contribution >= 4 is 34.6 Å². The van der Waals surface area contributed by atoms with E-state index in [9.17, 15) is 28.7 Å². The van der Waals surface area contributed by atoms with E-state index < -0.39 is 36.1 Å². The average molecular weight is 600 g/mol. The zero-order valence-corrected chi connectivity index (χ0v) is 25.2. The molecule has 0 aliphatic rings. The van der Waals surface area contributed by atoms with E-state index in [2.05, 4.69) is 20.3 Å². The van der Waals surface area contributed by atoms with Crippen LogP contribution in [0.1, 0.15) is 43.9 Å². The zero-order valence-electron chi connectivity index (χ0n) is 25.2. The van der Waals surface area contributed by atoms with Gasteiger partial charge >= 0.3 is 6.09 Å². The standard InChI is InChI=1S/C29H38FN7O6/c1-17(2)13-21-26-25(19(30)14-31-21)33-23(34-26)15-37-18(16-38)11-12-20(28(37)41)32-27(40)22(43-29(42)36(5)6)9-7-8-10-24(39)35(3)4/h8,10-12,14,17,22,38H,7,9,13,15-16H2,1-6H3,(H,32,40)(H,33,34)/b10-8+. The lowest BCUT2D eigenvalue weighted by atomic mass is 10.1. The Labute approximate surface area is 248 Å². The third-order valence-electron chi connectivity index (χ3n) is 6.39. The molecule has 3 aromatic rings. The number of hydrogen-bond acceptors (Lipinski definition) is 8. The fraction of sp³-hybridized carbons (Fsp3) is 0.448. The van der Waals surface area contributed by atoms with Crippen molar-refractivity contribution in [1.82, 2.24) is 29.3 Å². The van der Waals surface area contributed by atoms with E-state index in [-0.39, 0.29) is 53.9 Å². The van der Waals surface area contributed by atoms with Crippen molar-refractivity contribution < 1.29 is 28.6 Å². The predicted octanol–water partition coefficient (Wildman–Crippen LogP) is 2.43. The number of anilines is 1. The Hall–Kier alpha value is -4.59. The summed E-state index contributed by atoms with van der Waals surface area (Å²) in [5.41, 5.74) is 0.608. The molecule has 0 fully saturated rings. The highest BCUT2D eigenvalue weighted by Crippen LogP contribution is 2.21. The number of H-pyrrole nitrogens is 1. The molecule has 0 aliphatic heterocycles. The van der Waals surface area contributed by atoms with Crippen LogP contribution in [0.3, 0.4) is 0 Å². The van der Waals surface area contributed by atoms with E-state index in [4.69, 9.17) is 4.74 Å². The number of imidazole rings is 1. The fourth-order valence-corrected chi connectivity index (χ4v) is 4.12. The second-order valence-electron chi connectivity index (χ2n) is 10.8. The van der Waals surface area contributed by atoms with E-state index in [1.807, 2.05) is 13.8 Å². The Morgan fingerprint density at radius 2 is 1.91 bits per heavy atom. The molecule has 0 saturated heterocycles. The lowest BCUT2D eigenvalue weighted by molar-refractivity contribution is -0.125. The smallest absolute Gasteiger partial charge is 0.410 e. The number of nitrogens with zero attached hydrogens (tertiary/aromatic N) is 5. The number of rotatable bonds is 12. The highest BCUT2D eigenvalue weighted by atomic mass is 19.1. The van der Waals surface area contributed by atoms with Crippen LogP contribution in [0.4, 0.5) is 14.9 Å². The molecule has 3 N–H and O–H groups in total. The zero-order chi connectivity index (χ0) is 31.8. The third-order valence-corrected chi connectivity index (χ3v) is 6.39. The molecule has 14 heteroatoms. The van der Waals surface area contributed by atoms with Gasteiger partial charge in [-0.1, -0.05) is 19.9 Å². The molecule has 0 aromatic carbocycles. The van der Waals surface area contributed by atoms with E-state index in [0.29, 0.717) is 17.6 Å². The molecular formula is C29H38FN7O6. The molecule has 3 heterocycles. The van der Waals surface area contributed by atoms with Crippen LogP contribution in [0.2, 0.25) is 0 Å². The summed E-state index contributed by atoms with van der Waals surface area (Å²) in [6, 6.07) is 2.80. The maximum atomic E-state index is 14.5. The molecule has 1 unspecified atom stereocenters. The number of likely N-dealkylation sites (N-methyl/N-ethyl adjacent to an activating group) is 1. The minimum Gasteiger partial charge on any atom is -0.436 e. The normalized spacial score (nSPS) is 12.1. The van der Waals surface area contributed by atoms with Crippen LogP contribution in [0, 0.1) is 11.7 Å². The summed E-state index contributed by atoms with van der Waals surface area (Å²) >= 11 is 0. The van der Waals surface area contributed by atoms with Crippen LogP contribution in [0.15, 0.2) is 35.3 Å². The van der Waals surface area contributed by atoms with Gasteiger partial charge in [-0.2, -0.15) is 0 Å². The van der Waals surface area contributed by atoms with E-state index in [1.54, 1.807) is 20.2 Å². The molecule has 0 aliphatic carbocycles. The molecule has 13 nitrogen and oxygen atoms in total. The Morgan fingerprint density at radius 1 is 1.19 bits per heavy atom. The summed E-state index contributed by atoms with van der Waals surface area (Å²) in [5, 5.41) is 12.4. The second-order valence-corrected chi connectivity index (χ2v) is 10.8. The van der Waals surface area contributed by atoms with Crippen molar-refractivity contribution in [2.75, 3.05) is 33.5 Å². The number of aromatic nitrogens is 4. The van der Waals surface area contributed by atoms with Gasteiger partial charge in [0.1, 0.15) is 17.0 Å². The highest BCUT2D eigenvalue weighted by molar-refractivity contribution is 5.95. The minimum absolute atomic E-state index is 0.0445. The molecule has 1 atom stereocenters. The van der Waals surface area contributed by atoms with Crippen LogP contribution in [-0.2, 0) is 33.9 Å². The van der Waals surface area contributed by atoms with E-state index in [0.717, 1.165) is 11.1 Å². The van der Waals surface area contributed by atoms with Crippen molar-refractivity contribution in [3.8, 4) is 0 Å². The summed E-state index contributed by atoms with van der Waals surface area (Å²) in [4.78, 5) is 64.8. The number of aliphatic hydroxyl groups excluding tert-OH is 1. The van der Waals surface area contributed by atoms with Gasteiger partial charge in [0.25, 0.3) is 11.5 Å². The first-order chi connectivity index (χ1) is 20.3. The Balaban J connectivity index is 1.88. The molecule has 0 radical (unpaired) electrons. The average Bonchev–Trinajstić information content (AvgIpc) is 3.38. The largest absolute Gasteiger partial charge is 0.436 e. The first-order valence-electron chi connectivity index (χ1n) is 13.7. The number of allylic oxidation sites excluding steroid dienone is 1. The number of hydrogen-bond donors (Lipinski definition) is 3. The number of fused-ring (bicyclic) bond motifs is 1. The summed E-state index contributed by atoms with van der Waals surface area (Å²) in [6.07, 6.45) is 2.86. The molecule has 3 aromatic heterocycles. The first kappa shape index (κ1) is 32.9. The van der Waals surface area contributed by atoms with Gasteiger partial charge in [0.15, 0.2) is 11.9 Å². The van der Waals surface area contributed by atoms with Crippen molar-refractivity contribution in [3.63, 3.8) is 0 Å². The number of aromatic amines is 1. The van der Waals surface area contributed by atoms with Crippen molar-refractivity contribution in [2.45, 2.75) is 52.4 Å². The van der Waals surface area contributed by atoms with Gasteiger partial charge in [0.05, 0.1) is 30.6 Å². The maximum absolute atomic E-state index is 14.5. The van der Waals surface area contributed by atoms with Crippen LogP contribution >= 0.6 is 0 Å². The molecule has 3 rings (SSSR count). The summed E-state index contributed by atoms with van der Waals surface area (Å²) in [5.74, 6) is -1.09. The molecule has 0 saturated carbocycles. The molecule has 0 spiro atoms. The Morgan fingerprint density at radius 3 is 2.53 bits per heavy atom. The summed E-state index contributed by atoms with van der Waals surface area (Å²) in [6.45, 7) is 3.38. The van der Waals surface area contributed by atoms with Gasteiger partial charge in [-0.05, 0) is 43.4 Å². The first-order valence-corrected chi connectivity index (χ1v) is 13.7. The highest BCUT2D eigenvalue weighted by Gasteiger charge is 2.25. The van der Waals surface area contributed by atoms with Crippen LogP contribution < -0.4 is 10.9 Å². The lowest BCUT2D eigenvalue weighted by Crippen LogP contribution is -2.38. The van der Waals surface area contributed by atoms with Gasteiger partial charge in [-0.25, -0.2) is 14.2 Å². The van der Waals surface area contributed by atoms with Crippen molar-refractivity contribution in [3.05, 3.63) is 63.9 Å². The molecule has 0 bridgehead atoms. The van der Waals surface area contributed by atoms with Gasteiger partial charge in [-0.3, -0.25) is 19.4 Å². The van der Waals surface area contributed by atoms with E-state index >= 15 is 0 Å². The Kier molecular flexibility index (Phi) is 11.1. The Bertz CT molecular complexity index is 1560. The van der Waals surface area contributed by atoms with Gasteiger partial charge in [-0.15, -0.1) is 0 Å². The quantitative estimate of drug-likeness (QED) is 0.267. The summed E-state index contributed by atoms with van der Waals surface area (Å²) < 4.78 is 21.1. The molecule has 3 amide bonds. The van der Waals surface area contributed by atoms with Crippen molar-refractivity contribution in [2.24, 2.45) is 5.92 Å². The number of halogens is 1. The number of amides is 3. The number of ether oxygens (including phenoxy) is 1. The maximum Gasteiger partial charge on any atom is 0.410 e. The molecule has 43 heavy (non-hydrogen) atoms. The fourth-order valence-electron chi connectivity index (χ4n) is 4.12. The van der Waals surface area contributed by atoms with E-state index in [1.165, 1.54) is 41.8 Å². The van der Waals surface area contributed by atoms with Crippen LogP contribution in [0.25, 0.3) is 11.0 Å². The predicted molar refractivity (Wildman–Crippen MR) is 158 cm³/mol. The number of aliphatic hydroxyl groups is 1. The monoisotopic (exact) mass is 599 g/mol.